The summed E-state index contributed by atoms with van der Waals surface area (Å²) < 4.78 is 5.26. The zero-order valence-electron chi connectivity index (χ0n) is 9.66. The lowest BCUT2D eigenvalue weighted by Crippen LogP contribution is -2.32. The Morgan fingerprint density at radius 1 is 1.62 bits per heavy atom. The monoisotopic (exact) mass is 242 g/mol. The van der Waals surface area contributed by atoms with Crippen LogP contribution < -0.4 is 11.1 Å². The molecule has 0 bridgehead atoms. The topological polar surface area (TPSA) is 68.3 Å². The number of hydrogen-bond donors (Lipinski definition) is 2. The summed E-state index contributed by atoms with van der Waals surface area (Å²) in [4.78, 5) is 11.7. The van der Waals surface area contributed by atoms with Crippen molar-refractivity contribution < 1.29 is 9.21 Å². The zero-order valence-corrected chi connectivity index (χ0v) is 10.5. The second kappa shape index (κ2) is 6.60. The summed E-state index contributed by atoms with van der Waals surface area (Å²) in [7, 11) is 0. The summed E-state index contributed by atoms with van der Waals surface area (Å²) in [6, 6.07) is 3.53. The van der Waals surface area contributed by atoms with Crippen molar-refractivity contribution in [3.63, 3.8) is 0 Å². The fourth-order valence-electron chi connectivity index (χ4n) is 1.27. The molecule has 1 aromatic rings. The van der Waals surface area contributed by atoms with Crippen molar-refractivity contribution in [2.75, 3.05) is 12.0 Å². The second-order valence-electron chi connectivity index (χ2n) is 3.63. The molecule has 5 heteroatoms. The Hall–Kier alpha value is -0.940. The molecule has 16 heavy (non-hydrogen) atoms. The van der Waals surface area contributed by atoms with E-state index in [4.69, 9.17) is 10.2 Å². The van der Waals surface area contributed by atoms with Gasteiger partial charge < -0.3 is 15.5 Å². The van der Waals surface area contributed by atoms with Crippen LogP contribution in [-0.2, 0) is 6.54 Å². The van der Waals surface area contributed by atoms with Crippen molar-refractivity contribution in [3.8, 4) is 0 Å². The fraction of sp³-hybridized carbons (Fsp3) is 0.545. The van der Waals surface area contributed by atoms with Crippen LogP contribution in [0.25, 0.3) is 0 Å². The van der Waals surface area contributed by atoms with Crippen molar-refractivity contribution in [2.45, 2.75) is 25.9 Å². The number of thioether (sulfide) groups is 1. The maximum Gasteiger partial charge on any atom is 0.287 e. The van der Waals surface area contributed by atoms with Gasteiger partial charge in [-0.2, -0.15) is 11.8 Å². The first-order valence-electron chi connectivity index (χ1n) is 5.26. The van der Waals surface area contributed by atoms with Crippen molar-refractivity contribution in [3.05, 3.63) is 23.7 Å². The smallest absolute Gasteiger partial charge is 0.287 e. The predicted molar refractivity (Wildman–Crippen MR) is 66.5 cm³/mol. The maximum absolute atomic E-state index is 11.7. The van der Waals surface area contributed by atoms with Gasteiger partial charge in [0.2, 0.25) is 0 Å². The first-order valence-corrected chi connectivity index (χ1v) is 6.65. The minimum Gasteiger partial charge on any atom is -0.455 e. The molecule has 1 atom stereocenters. The third-order valence-corrected chi connectivity index (χ3v) is 2.86. The third-order valence-electron chi connectivity index (χ3n) is 2.22. The van der Waals surface area contributed by atoms with Crippen LogP contribution >= 0.6 is 11.8 Å². The van der Waals surface area contributed by atoms with Crippen LogP contribution in [0.4, 0.5) is 0 Å². The minimum atomic E-state index is -0.173. The number of rotatable bonds is 6. The number of nitrogens with two attached hydrogens (primary N) is 1. The average molecular weight is 242 g/mol. The van der Waals surface area contributed by atoms with Gasteiger partial charge in [-0.15, -0.1) is 0 Å². The van der Waals surface area contributed by atoms with Gasteiger partial charge in [-0.1, -0.05) is 0 Å². The maximum atomic E-state index is 11.7. The van der Waals surface area contributed by atoms with E-state index >= 15 is 0 Å². The molecule has 1 aromatic heterocycles. The lowest BCUT2D eigenvalue weighted by molar-refractivity contribution is 0.0910. The molecular formula is C11H18N2O2S. The Kier molecular flexibility index (Phi) is 5.42. The molecule has 1 heterocycles. The van der Waals surface area contributed by atoms with Crippen LogP contribution in [0.1, 0.15) is 29.7 Å². The van der Waals surface area contributed by atoms with E-state index in [9.17, 15) is 4.79 Å². The van der Waals surface area contributed by atoms with Gasteiger partial charge in [-0.3, -0.25) is 4.79 Å². The number of carbonyl (C=O) groups excluding carboxylic acids is 1. The number of carbonyl (C=O) groups is 1. The summed E-state index contributed by atoms with van der Waals surface area (Å²) in [5.41, 5.74) is 5.40. The Bertz CT molecular complexity index is 338. The largest absolute Gasteiger partial charge is 0.455 e. The van der Waals surface area contributed by atoms with E-state index in [1.54, 1.807) is 23.9 Å². The van der Waals surface area contributed by atoms with Crippen molar-refractivity contribution in [1.29, 1.82) is 0 Å². The number of furan rings is 1. The Morgan fingerprint density at radius 3 is 2.94 bits per heavy atom. The van der Waals surface area contributed by atoms with Crippen molar-refractivity contribution in [2.24, 2.45) is 5.73 Å². The van der Waals surface area contributed by atoms with E-state index in [-0.39, 0.29) is 11.9 Å². The zero-order chi connectivity index (χ0) is 12.0. The molecule has 0 radical (unpaired) electrons. The van der Waals surface area contributed by atoms with Gasteiger partial charge in [0.15, 0.2) is 5.76 Å². The lowest BCUT2D eigenvalue weighted by atomic mass is 10.2. The van der Waals surface area contributed by atoms with Gasteiger partial charge in [0.25, 0.3) is 5.91 Å². The van der Waals surface area contributed by atoms with Gasteiger partial charge in [0.1, 0.15) is 5.76 Å². The second-order valence-corrected chi connectivity index (χ2v) is 4.61. The summed E-state index contributed by atoms with van der Waals surface area (Å²) in [5.74, 6) is 1.82. The molecule has 3 N–H and O–H groups in total. The molecule has 90 valence electrons. The molecule has 0 spiro atoms. The first-order chi connectivity index (χ1) is 7.67. The molecule has 0 fully saturated rings. The van der Waals surface area contributed by atoms with Crippen molar-refractivity contribution >= 4 is 17.7 Å². The highest BCUT2D eigenvalue weighted by Gasteiger charge is 2.13. The Morgan fingerprint density at radius 2 is 2.38 bits per heavy atom. The molecule has 1 unspecified atom stereocenters. The summed E-state index contributed by atoms with van der Waals surface area (Å²) in [5, 5.41) is 2.88. The van der Waals surface area contributed by atoms with Crippen LogP contribution in [0.3, 0.4) is 0 Å². The van der Waals surface area contributed by atoms with E-state index in [1.165, 1.54) is 0 Å². The molecule has 1 amide bonds. The van der Waals surface area contributed by atoms with Crippen LogP contribution in [-0.4, -0.2) is 24.0 Å². The molecular weight excluding hydrogens is 224 g/mol. The van der Waals surface area contributed by atoms with E-state index in [0.29, 0.717) is 18.1 Å². The van der Waals surface area contributed by atoms with E-state index in [1.807, 2.05) is 6.92 Å². The number of amides is 1. The van der Waals surface area contributed by atoms with Gasteiger partial charge >= 0.3 is 0 Å². The molecule has 0 aromatic carbocycles. The lowest BCUT2D eigenvalue weighted by Gasteiger charge is -2.11. The highest BCUT2D eigenvalue weighted by Crippen LogP contribution is 2.08. The molecule has 0 aliphatic heterocycles. The normalized spacial score (nSPS) is 12.4. The third kappa shape index (κ3) is 3.90. The van der Waals surface area contributed by atoms with Gasteiger partial charge in [0.05, 0.1) is 6.54 Å². The molecule has 0 aliphatic rings. The number of hydrogen-bond acceptors (Lipinski definition) is 4. The molecule has 4 nitrogen and oxygen atoms in total. The summed E-state index contributed by atoms with van der Waals surface area (Å²) in [6.07, 6.45) is 3.01. The standard InChI is InChI=1S/C11H18N2O2S/c1-8(5-6-16-2)13-11(14)10-4-3-9(7-12)15-10/h3-4,8H,5-7,12H2,1-2H3,(H,13,14). The fourth-order valence-corrected chi connectivity index (χ4v) is 1.86. The Labute approximate surface area is 100.0 Å². The molecule has 0 saturated heterocycles. The number of nitrogens with one attached hydrogen (secondary N) is 1. The summed E-state index contributed by atoms with van der Waals surface area (Å²) >= 11 is 1.77. The van der Waals surface area contributed by atoms with Gasteiger partial charge in [-0.05, 0) is 37.5 Å². The van der Waals surface area contributed by atoms with Crippen molar-refractivity contribution in [1.82, 2.24) is 5.32 Å². The van der Waals surface area contributed by atoms with E-state index in [2.05, 4.69) is 11.6 Å². The minimum absolute atomic E-state index is 0.159. The molecule has 0 aliphatic carbocycles. The highest BCUT2D eigenvalue weighted by atomic mass is 32.2. The first kappa shape index (κ1) is 13.1. The molecule has 0 saturated carbocycles. The van der Waals surface area contributed by atoms with Crippen LogP contribution in [0, 0.1) is 0 Å². The average Bonchev–Trinajstić information content (AvgIpc) is 2.74. The van der Waals surface area contributed by atoms with Gasteiger partial charge in [-0.25, -0.2) is 0 Å². The Balaban J connectivity index is 2.45. The van der Waals surface area contributed by atoms with Crippen LogP contribution in [0.2, 0.25) is 0 Å². The predicted octanol–water partition coefficient (Wildman–Crippen LogP) is 1.61. The van der Waals surface area contributed by atoms with Crippen LogP contribution in [0.15, 0.2) is 16.5 Å². The SMILES string of the molecule is CSCCC(C)NC(=O)c1ccc(CN)o1. The van der Waals surface area contributed by atoms with E-state index in [0.717, 1.165) is 12.2 Å². The van der Waals surface area contributed by atoms with E-state index < -0.39 is 0 Å². The van der Waals surface area contributed by atoms with Gasteiger partial charge in [0, 0.05) is 6.04 Å². The highest BCUT2D eigenvalue weighted by molar-refractivity contribution is 7.98. The summed E-state index contributed by atoms with van der Waals surface area (Å²) in [6.45, 7) is 2.30. The van der Waals surface area contributed by atoms with Crippen LogP contribution in [0.5, 0.6) is 0 Å². The molecule has 1 rings (SSSR count). The quantitative estimate of drug-likeness (QED) is 0.795.